The molecule has 1 aromatic heterocycles. The van der Waals surface area contributed by atoms with Crippen LogP contribution in [0.1, 0.15) is 49.9 Å². The van der Waals surface area contributed by atoms with Gasteiger partial charge in [-0.25, -0.2) is 13.4 Å². The van der Waals surface area contributed by atoms with E-state index in [1.807, 2.05) is 17.0 Å². The number of sulfonamides is 1. The zero-order valence-electron chi connectivity index (χ0n) is 23.2. The van der Waals surface area contributed by atoms with Crippen LogP contribution in [-0.4, -0.2) is 82.0 Å². The van der Waals surface area contributed by atoms with Gasteiger partial charge in [-0.1, -0.05) is 38.0 Å². The van der Waals surface area contributed by atoms with Gasteiger partial charge in [0.2, 0.25) is 10.0 Å². The Kier molecular flexibility index (Phi) is 9.68. The second-order valence-corrected chi connectivity index (χ2v) is 12.5. The van der Waals surface area contributed by atoms with Gasteiger partial charge in [0.1, 0.15) is 21.7 Å². The predicted molar refractivity (Wildman–Crippen MR) is 156 cm³/mol. The molecule has 3 aromatic rings. The Bertz CT molecular complexity index is 1320. The van der Waals surface area contributed by atoms with E-state index in [0.717, 1.165) is 46.8 Å². The quantitative estimate of drug-likeness (QED) is 0.305. The highest BCUT2D eigenvalue weighted by atomic mass is 32.2. The van der Waals surface area contributed by atoms with Crippen molar-refractivity contribution in [3.63, 3.8) is 0 Å². The van der Waals surface area contributed by atoms with Crippen LogP contribution in [0.15, 0.2) is 41.3 Å². The summed E-state index contributed by atoms with van der Waals surface area (Å²) in [6.45, 7) is 7.51. The summed E-state index contributed by atoms with van der Waals surface area (Å²) in [7, 11) is -0.327. The molecule has 4 rings (SSSR count). The maximum Gasteiger partial charge on any atom is 0.253 e. The average Bonchev–Trinajstić information content (AvgIpc) is 3.42. The van der Waals surface area contributed by atoms with Crippen LogP contribution >= 0.6 is 11.3 Å². The number of rotatable bonds is 12. The number of thiazole rings is 1. The van der Waals surface area contributed by atoms with Gasteiger partial charge in [0.15, 0.2) is 5.13 Å². The molecule has 0 atom stereocenters. The zero-order chi connectivity index (χ0) is 28.0. The summed E-state index contributed by atoms with van der Waals surface area (Å²) >= 11 is 1.55. The number of hydrogen-bond acceptors (Lipinski definition) is 8. The molecular formula is C28H38N4O5S2. The van der Waals surface area contributed by atoms with Crippen LogP contribution < -0.4 is 14.4 Å². The van der Waals surface area contributed by atoms with Crippen LogP contribution in [0.4, 0.5) is 5.13 Å². The third-order valence-electron chi connectivity index (χ3n) is 7.00. The molecular weight excluding hydrogens is 536 g/mol. The number of ether oxygens (including phenoxy) is 2. The minimum atomic E-state index is -3.59. The van der Waals surface area contributed by atoms with Gasteiger partial charge in [-0.3, -0.25) is 4.79 Å². The van der Waals surface area contributed by atoms with Crippen molar-refractivity contribution in [1.82, 2.24) is 14.2 Å². The number of benzene rings is 2. The van der Waals surface area contributed by atoms with Gasteiger partial charge in [-0.15, -0.1) is 0 Å². The van der Waals surface area contributed by atoms with Crippen molar-refractivity contribution < 1.29 is 22.7 Å². The monoisotopic (exact) mass is 574 g/mol. The molecule has 1 aliphatic rings. The highest BCUT2D eigenvalue weighted by molar-refractivity contribution is 7.89. The first-order valence-corrected chi connectivity index (χ1v) is 15.8. The molecule has 39 heavy (non-hydrogen) atoms. The first kappa shape index (κ1) is 29.1. The Hall–Kier alpha value is -2.89. The molecule has 2 aromatic carbocycles. The van der Waals surface area contributed by atoms with Gasteiger partial charge >= 0.3 is 0 Å². The zero-order valence-corrected chi connectivity index (χ0v) is 24.8. The number of carbonyl (C=O) groups excluding carboxylic acids is 1. The minimum absolute atomic E-state index is 0.0972. The van der Waals surface area contributed by atoms with Gasteiger partial charge in [-0.2, -0.15) is 4.31 Å². The molecule has 1 fully saturated rings. The molecule has 0 N–H and O–H groups in total. The highest BCUT2D eigenvalue weighted by Gasteiger charge is 2.27. The number of hydrogen-bond donors (Lipinski definition) is 0. The summed E-state index contributed by atoms with van der Waals surface area (Å²) in [4.78, 5) is 22.2. The van der Waals surface area contributed by atoms with Crippen LogP contribution in [0, 0.1) is 0 Å². The fourth-order valence-electron chi connectivity index (χ4n) is 4.63. The fourth-order valence-corrected chi connectivity index (χ4v) is 7.28. The van der Waals surface area contributed by atoms with Crippen molar-refractivity contribution in [2.75, 3.05) is 58.4 Å². The average molecular weight is 575 g/mol. The second kappa shape index (κ2) is 13.0. The van der Waals surface area contributed by atoms with E-state index in [0.29, 0.717) is 50.6 Å². The molecule has 0 radical (unpaired) electrons. The van der Waals surface area contributed by atoms with Crippen LogP contribution in [0.5, 0.6) is 11.5 Å². The van der Waals surface area contributed by atoms with E-state index in [1.54, 1.807) is 54.1 Å². The number of amides is 1. The third-order valence-corrected chi connectivity index (χ3v) is 10.0. The normalized spacial score (nSPS) is 14.3. The van der Waals surface area contributed by atoms with Gasteiger partial charge < -0.3 is 19.3 Å². The van der Waals surface area contributed by atoms with E-state index in [2.05, 4.69) is 18.7 Å². The predicted octanol–water partition coefficient (Wildman–Crippen LogP) is 4.87. The second-order valence-electron chi connectivity index (χ2n) is 9.56. The van der Waals surface area contributed by atoms with E-state index in [9.17, 15) is 13.2 Å². The maximum atomic E-state index is 13.2. The standard InChI is InChI=1S/C28H38N4O5S2/c1-5-7-15-32(16-8-6-2)39(34,35)22-11-9-21(10-12-22)27(33)30-17-19-31(20-18-30)28-29-25-23(36-3)13-14-24(37-4)26(25)38-28/h9-14H,5-8,15-20H2,1-4H3. The first-order chi connectivity index (χ1) is 18.8. The Morgan fingerprint density at radius 2 is 1.51 bits per heavy atom. The molecule has 0 unspecified atom stereocenters. The summed E-state index contributed by atoms with van der Waals surface area (Å²) in [6.07, 6.45) is 3.51. The number of anilines is 1. The lowest BCUT2D eigenvalue weighted by atomic mass is 10.2. The molecule has 0 spiro atoms. The van der Waals surface area contributed by atoms with E-state index in [1.165, 1.54) is 0 Å². The molecule has 0 bridgehead atoms. The SMILES string of the molecule is CCCCN(CCCC)S(=O)(=O)c1ccc(C(=O)N2CCN(c3nc4c(OC)ccc(OC)c4s3)CC2)cc1. The number of methoxy groups -OCH3 is 2. The lowest BCUT2D eigenvalue weighted by molar-refractivity contribution is 0.0746. The molecule has 212 valence electrons. The molecule has 9 nitrogen and oxygen atoms in total. The molecule has 1 amide bonds. The van der Waals surface area contributed by atoms with Crippen molar-refractivity contribution in [3.8, 4) is 11.5 Å². The summed E-state index contributed by atoms with van der Waals surface area (Å²) in [5, 5.41) is 0.866. The molecule has 0 aliphatic carbocycles. The van der Waals surface area contributed by atoms with Gasteiger partial charge in [-0.05, 0) is 49.2 Å². The van der Waals surface area contributed by atoms with Crippen LogP contribution in [0.25, 0.3) is 10.2 Å². The summed E-state index contributed by atoms with van der Waals surface area (Å²) in [5.74, 6) is 1.36. The number of piperazine rings is 1. The van der Waals surface area contributed by atoms with Crippen molar-refractivity contribution in [3.05, 3.63) is 42.0 Å². The van der Waals surface area contributed by atoms with Crippen LogP contribution in [-0.2, 0) is 10.0 Å². The van der Waals surface area contributed by atoms with E-state index >= 15 is 0 Å². The lowest BCUT2D eigenvalue weighted by Gasteiger charge is -2.34. The summed E-state index contributed by atoms with van der Waals surface area (Å²) in [6, 6.07) is 10.1. The van der Waals surface area contributed by atoms with E-state index in [-0.39, 0.29) is 10.8 Å². The maximum absolute atomic E-state index is 13.2. The van der Waals surface area contributed by atoms with Crippen molar-refractivity contribution in [2.45, 2.75) is 44.4 Å². The Morgan fingerprint density at radius 1 is 0.923 bits per heavy atom. The number of nitrogens with zero attached hydrogens (tertiary/aromatic N) is 4. The largest absolute Gasteiger partial charge is 0.495 e. The van der Waals surface area contributed by atoms with Crippen LogP contribution in [0.3, 0.4) is 0 Å². The number of carbonyl (C=O) groups is 1. The molecule has 1 saturated heterocycles. The third kappa shape index (κ3) is 6.31. The highest BCUT2D eigenvalue weighted by Crippen LogP contribution is 2.40. The molecule has 2 heterocycles. The fraction of sp³-hybridized carbons (Fsp3) is 0.500. The van der Waals surface area contributed by atoms with Crippen molar-refractivity contribution in [1.29, 1.82) is 0 Å². The van der Waals surface area contributed by atoms with Crippen molar-refractivity contribution >= 4 is 42.6 Å². The Morgan fingerprint density at radius 3 is 2.08 bits per heavy atom. The Balaban J connectivity index is 1.42. The van der Waals surface area contributed by atoms with Gasteiger partial charge in [0, 0.05) is 44.8 Å². The number of fused-ring (bicyclic) bond motifs is 1. The number of aromatic nitrogens is 1. The van der Waals surface area contributed by atoms with E-state index < -0.39 is 10.0 Å². The minimum Gasteiger partial charge on any atom is -0.495 e. The number of unbranched alkanes of at least 4 members (excludes halogenated alkanes) is 2. The smallest absolute Gasteiger partial charge is 0.253 e. The summed E-state index contributed by atoms with van der Waals surface area (Å²) in [5.41, 5.74) is 1.26. The van der Waals surface area contributed by atoms with Gasteiger partial charge in [0.05, 0.1) is 19.1 Å². The summed E-state index contributed by atoms with van der Waals surface area (Å²) < 4.78 is 40.0. The Labute approximate surface area is 235 Å². The molecule has 11 heteroatoms. The van der Waals surface area contributed by atoms with Crippen molar-refractivity contribution in [2.24, 2.45) is 0 Å². The first-order valence-electron chi connectivity index (χ1n) is 13.5. The molecule has 0 saturated carbocycles. The topological polar surface area (TPSA) is 92.3 Å². The van der Waals surface area contributed by atoms with E-state index in [4.69, 9.17) is 14.5 Å². The lowest BCUT2D eigenvalue weighted by Crippen LogP contribution is -2.48. The molecule has 1 aliphatic heterocycles. The van der Waals surface area contributed by atoms with Gasteiger partial charge in [0.25, 0.3) is 5.91 Å². The van der Waals surface area contributed by atoms with Crippen LogP contribution in [0.2, 0.25) is 0 Å².